The van der Waals surface area contributed by atoms with Gasteiger partial charge in [-0.05, 0) is 44.2 Å². The first kappa shape index (κ1) is 14.1. The number of rotatable bonds is 4. The van der Waals surface area contributed by atoms with Gasteiger partial charge in [0.15, 0.2) is 9.84 Å². The van der Waals surface area contributed by atoms with Gasteiger partial charge >= 0.3 is 0 Å². The van der Waals surface area contributed by atoms with Crippen molar-refractivity contribution in [2.75, 3.05) is 12.8 Å². The molecule has 0 saturated carbocycles. The maximum Gasteiger partial charge on any atom is 0.154 e. The summed E-state index contributed by atoms with van der Waals surface area (Å²) in [5, 5.41) is 0. The van der Waals surface area contributed by atoms with E-state index in [1.54, 1.807) is 0 Å². The lowest BCUT2D eigenvalue weighted by atomic mass is 9.92. The van der Waals surface area contributed by atoms with Gasteiger partial charge in [-0.15, -0.1) is 0 Å². The van der Waals surface area contributed by atoms with Gasteiger partial charge in [0, 0.05) is 12.1 Å². The third-order valence-electron chi connectivity index (χ3n) is 5.01. The van der Waals surface area contributed by atoms with Crippen LogP contribution in [0.1, 0.15) is 31.2 Å². The minimum atomic E-state index is -3.01. The summed E-state index contributed by atoms with van der Waals surface area (Å²) in [6.45, 7) is 0. The van der Waals surface area contributed by atoms with E-state index in [2.05, 4.69) is 11.9 Å². The summed E-state index contributed by atoms with van der Waals surface area (Å²) in [5.41, 5.74) is 0.904. The predicted octanol–water partition coefficient (Wildman–Crippen LogP) is 2.47. The molecule has 1 aromatic rings. The van der Waals surface area contributed by atoms with Crippen molar-refractivity contribution >= 4 is 9.84 Å². The van der Waals surface area contributed by atoms with Crippen LogP contribution in [0.5, 0.6) is 0 Å². The molecular formula is C16H23NO2S. The molecule has 3 nitrogen and oxygen atoms in total. The lowest BCUT2D eigenvalue weighted by Gasteiger charge is -2.37. The molecule has 2 aliphatic rings. The average molecular weight is 293 g/mol. The molecule has 0 aromatic heterocycles. The quantitative estimate of drug-likeness (QED) is 0.856. The molecule has 2 fully saturated rings. The summed E-state index contributed by atoms with van der Waals surface area (Å²) in [7, 11) is -0.844. The standard InChI is InChI=1S/C16H23NO2S/c1-17-15-8-7-14(16(17)10-9-15)12-20(18,19)11-13-5-3-2-4-6-13/h2-6,14-16H,7-12H2,1H3/t14?,15-,16-/m1/s1. The second-order valence-electron chi connectivity index (χ2n) is 6.34. The highest BCUT2D eigenvalue weighted by Gasteiger charge is 2.41. The highest BCUT2D eigenvalue weighted by molar-refractivity contribution is 7.90. The summed E-state index contributed by atoms with van der Waals surface area (Å²) in [6, 6.07) is 10.7. The number of benzene rings is 1. The van der Waals surface area contributed by atoms with E-state index in [-0.39, 0.29) is 5.75 Å². The highest BCUT2D eigenvalue weighted by Crippen LogP contribution is 2.38. The molecule has 2 bridgehead atoms. The Balaban J connectivity index is 1.67. The molecule has 1 unspecified atom stereocenters. The van der Waals surface area contributed by atoms with Gasteiger partial charge in [0.05, 0.1) is 11.5 Å². The van der Waals surface area contributed by atoms with Crippen LogP contribution in [0, 0.1) is 5.92 Å². The van der Waals surface area contributed by atoms with Gasteiger partial charge < -0.3 is 4.90 Å². The Labute approximate surface area is 121 Å². The van der Waals surface area contributed by atoms with Crippen LogP contribution in [0.3, 0.4) is 0 Å². The zero-order chi connectivity index (χ0) is 14.2. The Bertz CT molecular complexity index is 555. The van der Waals surface area contributed by atoms with Crippen molar-refractivity contribution < 1.29 is 8.42 Å². The van der Waals surface area contributed by atoms with Crippen molar-refractivity contribution in [1.82, 2.24) is 4.90 Å². The zero-order valence-electron chi connectivity index (χ0n) is 12.0. The molecule has 3 rings (SSSR count). The lowest BCUT2D eigenvalue weighted by Crippen LogP contribution is -2.44. The molecule has 2 heterocycles. The van der Waals surface area contributed by atoms with Gasteiger partial charge in [-0.1, -0.05) is 30.3 Å². The Hall–Kier alpha value is -0.870. The van der Waals surface area contributed by atoms with E-state index < -0.39 is 9.84 Å². The molecule has 1 aromatic carbocycles. The number of nitrogens with zero attached hydrogens (tertiary/aromatic N) is 1. The fraction of sp³-hybridized carbons (Fsp3) is 0.625. The smallest absolute Gasteiger partial charge is 0.154 e. The maximum atomic E-state index is 12.4. The molecule has 0 amide bonds. The van der Waals surface area contributed by atoms with Gasteiger partial charge in [0.2, 0.25) is 0 Å². The average Bonchev–Trinajstić information content (AvgIpc) is 2.64. The van der Waals surface area contributed by atoms with Crippen LogP contribution in [-0.4, -0.2) is 38.2 Å². The van der Waals surface area contributed by atoms with Crippen LogP contribution < -0.4 is 0 Å². The topological polar surface area (TPSA) is 37.4 Å². The van der Waals surface area contributed by atoms with Crippen LogP contribution in [0.25, 0.3) is 0 Å². The zero-order valence-corrected chi connectivity index (χ0v) is 12.8. The molecule has 0 N–H and O–H groups in total. The van der Waals surface area contributed by atoms with Gasteiger partial charge in [-0.2, -0.15) is 0 Å². The Kier molecular flexibility index (Phi) is 3.87. The van der Waals surface area contributed by atoms with Crippen molar-refractivity contribution in [2.24, 2.45) is 5.92 Å². The van der Waals surface area contributed by atoms with Crippen molar-refractivity contribution in [1.29, 1.82) is 0 Å². The Morgan fingerprint density at radius 3 is 2.55 bits per heavy atom. The molecule has 0 aliphatic carbocycles. The molecule has 2 saturated heterocycles. The normalized spacial score (nSPS) is 30.6. The predicted molar refractivity (Wildman–Crippen MR) is 81.2 cm³/mol. The second kappa shape index (κ2) is 5.49. The number of hydrogen-bond acceptors (Lipinski definition) is 3. The fourth-order valence-electron chi connectivity index (χ4n) is 3.96. The van der Waals surface area contributed by atoms with E-state index in [0.717, 1.165) is 12.0 Å². The number of sulfone groups is 1. The fourth-order valence-corrected chi connectivity index (χ4v) is 5.82. The first-order valence-corrected chi connectivity index (χ1v) is 9.33. The SMILES string of the molecule is CN1[C@@H]2CCC(CS(=O)(=O)Cc3ccccc3)[C@H]1CC2. The van der Waals surface area contributed by atoms with E-state index in [4.69, 9.17) is 0 Å². The monoisotopic (exact) mass is 293 g/mol. The molecule has 4 heteroatoms. The molecule has 110 valence electrons. The van der Waals surface area contributed by atoms with Crippen molar-refractivity contribution in [3.8, 4) is 0 Å². The maximum absolute atomic E-state index is 12.4. The van der Waals surface area contributed by atoms with Gasteiger partial charge in [0.1, 0.15) is 0 Å². The van der Waals surface area contributed by atoms with E-state index in [1.165, 1.54) is 19.3 Å². The molecular weight excluding hydrogens is 270 g/mol. The minimum Gasteiger partial charge on any atom is -0.300 e. The van der Waals surface area contributed by atoms with Crippen LogP contribution in [0.2, 0.25) is 0 Å². The van der Waals surface area contributed by atoms with Crippen molar-refractivity contribution in [3.63, 3.8) is 0 Å². The third kappa shape index (κ3) is 2.91. The lowest BCUT2D eigenvalue weighted by molar-refractivity contribution is 0.131. The van der Waals surface area contributed by atoms with Crippen molar-refractivity contribution in [3.05, 3.63) is 35.9 Å². The third-order valence-corrected chi connectivity index (χ3v) is 6.72. The molecule has 0 radical (unpaired) electrons. The Morgan fingerprint density at radius 1 is 1.10 bits per heavy atom. The van der Waals surface area contributed by atoms with Gasteiger partial charge in [0.25, 0.3) is 0 Å². The van der Waals surface area contributed by atoms with Crippen LogP contribution in [0.15, 0.2) is 30.3 Å². The second-order valence-corrected chi connectivity index (χ2v) is 8.45. The first-order chi connectivity index (χ1) is 9.55. The summed E-state index contributed by atoms with van der Waals surface area (Å²) in [4.78, 5) is 2.42. The largest absolute Gasteiger partial charge is 0.300 e. The van der Waals surface area contributed by atoms with Crippen LogP contribution in [-0.2, 0) is 15.6 Å². The summed E-state index contributed by atoms with van der Waals surface area (Å²) in [5.74, 6) is 0.862. The summed E-state index contributed by atoms with van der Waals surface area (Å²) in [6.07, 6.45) is 4.66. The first-order valence-electron chi connectivity index (χ1n) is 7.51. The molecule has 0 spiro atoms. The van der Waals surface area contributed by atoms with E-state index in [9.17, 15) is 8.42 Å². The number of hydrogen-bond donors (Lipinski definition) is 0. The number of fused-ring (bicyclic) bond motifs is 2. The van der Waals surface area contributed by atoms with E-state index in [1.807, 2.05) is 30.3 Å². The van der Waals surface area contributed by atoms with Crippen LogP contribution in [0.4, 0.5) is 0 Å². The molecule has 2 aliphatic heterocycles. The van der Waals surface area contributed by atoms with Gasteiger partial charge in [-0.3, -0.25) is 0 Å². The van der Waals surface area contributed by atoms with E-state index >= 15 is 0 Å². The van der Waals surface area contributed by atoms with E-state index in [0.29, 0.717) is 23.8 Å². The van der Waals surface area contributed by atoms with Crippen LogP contribution >= 0.6 is 0 Å². The molecule has 3 atom stereocenters. The van der Waals surface area contributed by atoms with Gasteiger partial charge in [-0.25, -0.2) is 8.42 Å². The van der Waals surface area contributed by atoms with Crippen molar-refractivity contribution in [2.45, 2.75) is 43.5 Å². The number of piperidine rings is 1. The Morgan fingerprint density at radius 2 is 1.80 bits per heavy atom. The molecule has 20 heavy (non-hydrogen) atoms. The summed E-state index contributed by atoms with van der Waals surface area (Å²) < 4.78 is 24.9. The highest BCUT2D eigenvalue weighted by atomic mass is 32.2. The summed E-state index contributed by atoms with van der Waals surface area (Å²) >= 11 is 0. The minimum absolute atomic E-state index is 0.185.